The summed E-state index contributed by atoms with van der Waals surface area (Å²) in [7, 11) is 1.75. The van der Waals surface area contributed by atoms with Crippen LogP contribution >= 0.6 is 0 Å². The highest BCUT2D eigenvalue weighted by molar-refractivity contribution is 5.37. The van der Waals surface area contributed by atoms with E-state index >= 15 is 0 Å². The number of aromatic nitrogens is 1. The number of hydrogen-bond donors (Lipinski definition) is 1. The van der Waals surface area contributed by atoms with Crippen LogP contribution in [-0.2, 0) is 11.3 Å². The molecule has 76 valence electrons. The zero-order valence-electron chi connectivity index (χ0n) is 8.31. The number of methoxy groups -OCH3 is 1. The fraction of sp³-hybridized carbons (Fsp3) is 0.500. The molecule has 0 radical (unpaired) electrons. The number of nitrogens with two attached hydrogens (primary N) is 1. The van der Waals surface area contributed by atoms with Gasteiger partial charge in [0.15, 0.2) is 0 Å². The van der Waals surface area contributed by atoms with E-state index in [2.05, 4.69) is 9.88 Å². The van der Waals surface area contributed by atoms with Gasteiger partial charge in [-0.2, -0.15) is 0 Å². The molecule has 1 fully saturated rings. The zero-order chi connectivity index (χ0) is 9.97. The highest BCUT2D eigenvalue weighted by Crippen LogP contribution is 2.14. The SMILES string of the molecule is COC1CN(Cc2cc(N)ccn2)C1. The van der Waals surface area contributed by atoms with E-state index in [-0.39, 0.29) is 0 Å². The first-order valence-electron chi connectivity index (χ1n) is 4.73. The smallest absolute Gasteiger partial charge is 0.0825 e. The second-order valence-electron chi connectivity index (χ2n) is 3.63. The summed E-state index contributed by atoms with van der Waals surface area (Å²) in [4.78, 5) is 6.54. The molecule has 0 bridgehead atoms. The second-order valence-corrected chi connectivity index (χ2v) is 3.63. The number of nitrogen functional groups attached to an aromatic ring is 1. The summed E-state index contributed by atoms with van der Waals surface area (Å²) < 4.78 is 5.19. The number of ether oxygens (including phenoxy) is 1. The van der Waals surface area contributed by atoms with Gasteiger partial charge in [0.05, 0.1) is 11.8 Å². The van der Waals surface area contributed by atoms with E-state index in [9.17, 15) is 0 Å². The Morgan fingerprint density at radius 1 is 1.64 bits per heavy atom. The van der Waals surface area contributed by atoms with E-state index < -0.39 is 0 Å². The molecule has 0 atom stereocenters. The third kappa shape index (κ3) is 2.02. The topological polar surface area (TPSA) is 51.4 Å². The Hall–Kier alpha value is -1.13. The monoisotopic (exact) mass is 193 g/mol. The van der Waals surface area contributed by atoms with Gasteiger partial charge in [0.2, 0.25) is 0 Å². The molecule has 2 heterocycles. The number of hydrogen-bond acceptors (Lipinski definition) is 4. The Kier molecular flexibility index (Phi) is 2.65. The maximum absolute atomic E-state index is 5.66. The van der Waals surface area contributed by atoms with Crippen molar-refractivity contribution in [1.29, 1.82) is 0 Å². The predicted octanol–water partition coefficient (Wildman–Crippen LogP) is 0.494. The fourth-order valence-electron chi connectivity index (χ4n) is 1.61. The number of likely N-dealkylation sites (tertiary alicyclic amines) is 1. The summed E-state index contributed by atoms with van der Waals surface area (Å²) in [6, 6.07) is 3.72. The average Bonchev–Trinajstić information content (AvgIpc) is 2.10. The summed E-state index contributed by atoms with van der Waals surface area (Å²) >= 11 is 0. The van der Waals surface area contributed by atoms with Crippen molar-refractivity contribution < 1.29 is 4.74 Å². The molecule has 0 aliphatic carbocycles. The summed E-state index contributed by atoms with van der Waals surface area (Å²) in [5.74, 6) is 0. The summed E-state index contributed by atoms with van der Waals surface area (Å²) in [5.41, 5.74) is 7.47. The lowest BCUT2D eigenvalue weighted by Crippen LogP contribution is -2.51. The molecular formula is C10H15N3O. The highest BCUT2D eigenvalue weighted by Gasteiger charge is 2.26. The van der Waals surface area contributed by atoms with Gasteiger partial charge in [0.25, 0.3) is 0 Å². The van der Waals surface area contributed by atoms with Crippen LogP contribution in [0.15, 0.2) is 18.3 Å². The van der Waals surface area contributed by atoms with Crippen LogP contribution in [0.5, 0.6) is 0 Å². The van der Waals surface area contributed by atoms with Gasteiger partial charge in [-0.25, -0.2) is 0 Å². The number of pyridine rings is 1. The quantitative estimate of drug-likeness (QED) is 0.759. The van der Waals surface area contributed by atoms with Crippen LogP contribution in [0, 0.1) is 0 Å². The van der Waals surface area contributed by atoms with E-state index in [4.69, 9.17) is 10.5 Å². The standard InChI is InChI=1S/C10H15N3O/c1-14-10-6-13(7-10)5-9-4-8(11)2-3-12-9/h2-4,10H,5-7H2,1H3,(H2,11,12). The Balaban J connectivity index is 1.87. The Morgan fingerprint density at radius 3 is 3.07 bits per heavy atom. The highest BCUT2D eigenvalue weighted by atomic mass is 16.5. The predicted molar refractivity (Wildman–Crippen MR) is 54.7 cm³/mol. The first-order chi connectivity index (χ1) is 6.78. The number of rotatable bonds is 3. The van der Waals surface area contributed by atoms with Gasteiger partial charge in [-0.05, 0) is 12.1 Å². The van der Waals surface area contributed by atoms with Crippen LogP contribution in [0.1, 0.15) is 5.69 Å². The maximum Gasteiger partial charge on any atom is 0.0825 e. The molecule has 0 saturated carbocycles. The molecule has 1 aliphatic rings. The lowest BCUT2D eigenvalue weighted by atomic mass is 10.1. The molecule has 1 saturated heterocycles. The van der Waals surface area contributed by atoms with E-state index in [1.54, 1.807) is 19.4 Å². The first-order valence-corrected chi connectivity index (χ1v) is 4.73. The van der Waals surface area contributed by atoms with Crippen molar-refractivity contribution in [3.8, 4) is 0 Å². The summed E-state index contributed by atoms with van der Waals surface area (Å²) in [5, 5.41) is 0. The van der Waals surface area contributed by atoms with Gasteiger partial charge in [0.1, 0.15) is 0 Å². The second kappa shape index (κ2) is 3.94. The fourth-order valence-corrected chi connectivity index (χ4v) is 1.61. The molecule has 4 nitrogen and oxygen atoms in total. The largest absolute Gasteiger partial charge is 0.399 e. The van der Waals surface area contributed by atoms with Gasteiger partial charge in [-0.15, -0.1) is 0 Å². The zero-order valence-corrected chi connectivity index (χ0v) is 8.31. The number of nitrogens with zero attached hydrogens (tertiary/aromatic N) is 2. The minimum absolute atomic E-state index is 0.399. The minimum atomic E-state index is 0.399. The van der Waals surface area contributed by atoms with Gasteiger partial charge >= 0.3 is 0 Å². The summed E-state index contributed by atoms with van der Waals surface area (Å²) in [6.07, 6.45) is 2.15. The average molecular weight is 193 g/mol. The third-order valence-corrected chi connectivity index (χ3v) is 2.48. The van der Waals surface area contributed by atoms with Gasteiger partial charge < -0.3 is 10.5 Å². The molecule has 1 aromatic rings. The summed E-state index contributed by atoms with van der Waals surface area (Å²) in [6.45, 7) is 2.85. The Bertz CT molecular complexity index is 310. The van der Waals surface area contributed by atoms with Gasteiger partial charge in [-0.1, -0.05) is 0 Å². The van der Waals surface area contributed by atoms with E-state index in [1.807, 2.05) is 6.07 Å². The van der Waals surface area contributed by atoms with Crippen LogP contribution in [0.3, 0.4) is 0 Å². The van der Waals surface area contributed by atoms with Crippen LogP contribution < -0.4 is 5.73 Å². The van der Waals surface area contributed by atoms with Crippen molar-refractivity contribution in [2.45, 2.75) is 12.6 Å². The molecule has 14 heavy (non-hydrogen) atoms. The van der Waals surface area contributed by atoms with Crippen molar-refractivity contribution in [2.24, 2.45) is 0 Å². The molecule has 0 unspecified atom stereocenters. The molecular weight excluding hydrogens is 178 g/mol. The van der Waals surface area contributed by atoms with Crippen molar-refractivity contribution in [3.05, 3.63) is 24.0 Å². The van der Waals surface area contributed by atoms with Crippen LogP contribution in [0.25, 0.3) is 0 Å². The molecule has 0 aromatic carbocycles. The van der Waals surface area contributed by atoms with Crippen LogP contribution in [-0.4, -0.2) is 36.2 Å². The Labute approximate surface area is 83.7 Å². The van der Waals surface area contributed by atoms with Crippen molar-refractivity contribution in [2.75, 3.05) is 25.9 Å². The molecule has 0 amide bonds. The molecule has 2 N–H and O–H groups in total. The van der Waals surface area contributed by atoms with Crippen LogP contribution in [0.4, 0.5) is 5.69 Å². The van der Waals surface area contributed by atoms with Gasteiger partial charge in [0, 0.05) is 38.6 Å². The molecule has 2 rings (SSSR count). The number of anilines is 1. The minimum Gasteiger partial charge on any atom is -0.399 e. The normalized spacial score (nSPS) is 18.1. The molecule has 4 heteroatoms. The van der Waals surface area contributed by atoms with Crippen LogP contribution in [0.2, 0.25) is 0 Å². The lowest BCUT2D eigenvalue weighted by molar-refractivity contribution is -0.0339. The molecule has 1 aromatic heterocycles. The van der Waals surface area contributed by atoms with Crippen molar-refractivity contribution in [1.82, 2.24) is 9.88 Å². The third-order valence-electron chi connectivity index (χ3n) is 2.48. The van der Waals surface area contributed by atoms with Crippen molar-refractivity contribution >= 4 is 5.69 Å². The van der Waals surface area contributed by atoms with Crippen molar-refractivity contribution in [3.63, 3.8) is 0 Å². The lowest BCUT2D eigenvalue weighted by Gasteiger charge is -2.37. The maximum atomic E-state index is 5.66. The Morgan fingerprint density at radius 2 is 2.43 bits per heavy atom. The van der Waals surface area contributed by atoms with Gasteiger partial charge in [-0.3, -0.25) is 9.88 Å². The van der Waals surface area contributed by atoms with E-state index in [0.29, 0.717) is 6.10 Å². The molecule has 1 aliphatic heterocycles. The first kappa shape index (κ1) is 9.43. The molecule has 0 spiro atoms. The van der Waals surface area contributed by atoms with E-state index in [1.165, 1.54) is 0 Å². The van der Waals surface area contributed by atoms with E-state index in [0.717, 1.165) is 31.0 Å².